The van der Waals surface area contributed by atoms with Gasteiger partial charge in [-0.25, -0.2) is 9.18 Å². The first-order chi connectivity index (χ1) is 8.24. The van der Waals surface area contributed by atoms with E-state index in [1.807, 2.05) is 30.3 Å². The van der Waals surface area contributed by atoms with Crippen molar-refractivity contribution in [3.05, 3.63) is 35.9 Å². The van der Waals surface area contributed by atoms with Gasteiger partial charge in [-0.15, -0.1) is 0 Å². The third-order valence-electron chi connectivity index (χ3n) is 2.90. The number of halogens is 1. The van der Waals surface area contributed by atoms with Crippen LogP contribution in [0.5, 0.6) is 0 Å². The summed E-state index contributed by atoms with van der Waals surface area (Å²) in [6, 6.07) is 9.39. The molecule has 2 atom stereocenters. The van der Waals surface area contributed by atoms with Crippen molar-refractivity contribution in [3.8, 4) is 0 Å². The van der Waals surface area contributed by atoms with Gasteiger partial charge in [0, 0.05) is 6.04 Å². The van der Waals surface area contributed by atoms with Gasteiger partial charge < -0.3 is 10.1 Å². The maximum absolute atomic E-state index is 12.9. The van der Waals surface area contributed by atoms with Crippen molar-refractivity contribution in [1.29, 1.82) is 0 Å². The summed E-state index contributed by atoms with van der Waals surface area (Å²) in [6.45, 7) is 0.248. The normalized spacial score (nSPS) is 23.4. The summed E-state index contributed by atoms with van der Waals surface area (Å²) in [6.07, 6.45) is 0.383. The Kier molecular flexibility index (Phi) is 3.96. The number of carbonyl (C=O) groups is 1. The summed E-state index contributed by atoms with van der Waals surface area (Å²) in [5.74, 6) is 0. The van der Waals surface area contributed by atoms with Crippen LogP contribution in [-0.4, -0.2) is 18.3 Å². The average molecular weight is 237 g/mol. The van der Waals surface area contributed by atoms with Gasteiger partial charge in [0.15, 0.2) is 0 Å². The topological polar surface area (TPSA) is 38.3 Å². The molecule has 2 rings (SSSR count). The molecule has 0 saturated heterocycles. The maximum Gasteiger partial charge on any atom is 0.407 e. The lowest BCUT2D eigenvalue weighted by molar-refractivity contribution is 0.135. The first-order valence-electron chi connectivity index (χ1n) is 5.85. The number of hydrogen-bond acceptors (Lipinski definition) is 2. The summed E-state index contributed by atoms with van der Waals surface area (Å²) in [5, 5.41) is 2.68. The largest absolute Gasteiger partial charge is 0.445 e. The Bertz CT molecular complexity index is 369. The zero-order valence-electron chi connectivity index (χ0n) is 9.56. The Morgan fingerprint density at radius 3 is 2.76 bits per heavy atom. The van der Waals surface area contributed by atoms with E-state index in [4.69, 9.17) is 4.74 Å². The van der Waals surface area contributed by atoms with Gasteiger partial charge in [-0.3, -0.25) is 0 Å². The lowest BCUT2D eigenvalue weighted by Gasteiger charge is -2.12. The minimum Gasteiger partial charge on any atom is -0.445 e. The average Bonchev–Trinajstić information content (AvgIpc) is 2.73. The van der Waals surface area contributed by atoms with Crippen LogP contribution in [0.4, 0.5) is 9.18 Å². The summed E-state index contributed by atoms with van der Waals surface area (Å²) in [4.78, 5) is 11.4. The van der Waals surface area contributed by atoms with Crippen molar-refractivity contribution in [2.45, 2.75) is 38.1 Å². The molecule has 0 radical (unpaired) electrons. The molecule has 1 aromatic rings. The number of nitrogens with one attached hydrogen (secondary N) is 1. The number of ether oxygens (including phenoxy) is 1. The highest BCUT2D eigenvalue weighted by molar-refractivity contribution is 5.67. The van der Waals surface area contributed by atoms with Crippen LogP contribution in [0.2, 0.25) is 0 Å². The van der Waals surface area contributed by atoms with Crippen molar-refractivity contribution in [3.63, 3.8) is 0 Å². The maximum atomic E-state index is 12.9. The molecule has 1 amide bonds. The minimum atomic E-state index is -0.783. The first kappa shape index (κ1) is 11.9. The first-order valence-corrected chi connectivity index (χ1v) is 5.85. The standard InChI is InChI=1S/C13H16FNO2/c14-11-6-7-12(8-11)15-13(16)17-9-10-4-2-1-3-5-10/h1-5,11-12H,6-9H2,(H,15,16)/t11-,12+/m0/s1. The fraction of sp³-hybridized carbons (Fsp3) is 0.462. The van der Waals surface area contributed by atoms with E-state index in [0.717, 1.165) is 5.56 Å². The molecule has 0 spiro atoms. The molecule has 4 heteroatoms. The van der Waals surface area contributed by atoms with E-state index in [-0.39, 0.29) is 12.6 Å². The molecule has 0 unspecified atom stereocenters. The molecule has 1 fully saturated rings. The lowest BCUT2D eigenvalue weighted by atomic mass is 10.2. The molecule has 0 heterocycles. The molecule has 1 saturated carbocycles. The molecule has 3 nitrogen and oxygen atoms in total. The summed E-state index contributed by atoms with van der Waals surface area (Å²) in [5.41, 5.74) is 0.942. The second kappa shape index (κ2) is 5.66. The Hall–Kier alpha value is -1.58. The van der Waals surface area contributed by atoms with Gasteiger partial charge in [0.1, 0.15) is 12.8 Å². The number of alkyl halides is 1. The van der Waals surface area contributed by atoms with Crippen LogP contribution < -0.4 is 5.32 Å². The van der Waals surface area contributed by atoms with Crippen LogP contribution in [0.1, 0.15) is 24.8 Å². The van der Waals surface area contributed by atoms with Crippen molar-refractivity contribution >= 4 is 6.09 Å². The molecule has 1 N–H and O–H groups in total. The highest BCUT2D eigenvalue weighted by atomic mass is 19.1. The molecule has 17 heavy (non-hydrogen) atoms. The molecule has 0 aromatic heterocycles. The monoisotopic (exact) mass is 237 g/mol. The van der Waals surface area contributed by atoms with Crippen LogP contribution in [0.25, 0.3) is 0 Å². The molecule has 1 aliphatic rings. The zero-order valence-corrected chi connectivity index (χ0v) is 9.56. The Morgan fingerprint density at radius 2 is 2.12 bits per heavy atom. The van der Waals surface area contributed by atoms with Gasteiger partial charge in [0.25, 0.3) is 0 Å². The minimum absolute atomic E-state index is 0.0757. The fourth-order valence-corrected chi connectivity index (χ4v) is 1.99. The van der Waals surface area contributed by atoms with Crippen LogP contribution in [-0.2, 0) is 11.3 Å². The van der Waals surface area contributed by atoms with Crippen LogP contribution >= 0.6 is 0 Å². The van der Waals surface area contributed by atoms with Gasteiger partial charge in [-0.05, 0) is 24.8 Å². The molecular weight excluding hydrogens is 221 g/mol. The molecule has 1 aromatic carbocycles. The van der Waals surface area contributed by atoms with E-state index in [1.54, 1.807) is 0 Å². The van der Waals surface area contributed by atoms with Gasteiger partial charge in [0.2, 0.25) is 0 Å². The van der Waals surface area contributed by atoms with Gasteiger partial charge >= 0.3 is 6.09 Å². The predicted molar refractivity (Wildman–Crippen MR) is 62.3 cm³/mol. The van der Waals surface area contributed by atoms with E-state index in [2.05, 4.69) is 5.32 Å². The second-order valence-corrected chi connectivity index (χ2v) is 4.31. The van der Waals surface area contributed by atoms with E-state index < -0.39 is 12.3 Å². The highest BCUT2D eigenvalue weighted by Gasteiger charge is 2.25. The third-order valence-corrected chi connectivity index (χ3v) is 2.90. The number of amides is 1. The molecule has 0 bridgehead atoms. The Balaban J connectivity index is 1.71. The highest BCUT2D eigenvalue weighted by Crippen LogP contribution is 2.21. The zero-order chi connectivity index (χ0) is 12.1. The molecular formula is C13H16FNO2. The van der Waals surface area contributed by atoms with Crippen molar-refractivity contribution in [2.75, 3.05) is 0 Å². The molecule has 0 aliphatic heterocycles. The lowest BCUT2D eigenvalue weighted by Crippen LogP contribution is -2.33. The Morgan fingerprint density at radius 1 is 1.35 bits per heavy atom. The smallest absolute Gasteiger partial charge is 0.407 e. The fourth-order valence-electron chi connectivity index (χ4n) is 1.99. The Labute approximate surface area is 100.0 Å². The van der Waals surface area contributed by atoms with Gasteiger partial charge in [0.05, 0.1) is 0 Å². The van der Waals surface area contributed by atoms with Crippen molar-refractivity contribution < 1.29 is 13.9 Å². The third kappa shape index (κ3) is 3.73. The van der Waals surface area contributed by atoms with Crippen LogP contribution in [0.3, 0.4) is 0 Å². The van der Waals surface area contributed by atoms with E-state index in [0.29, 0.717) is 19.3 Å². The van der Waals surface area contributed by atoms with E-state index >= 15 is 0 Å². The number of hydrogen-bond donors (Lipinski definition) is 1. The molecule has 92 valence electrons. The quantitative estimate of drug-likeness (QED) is 0.877. The van der Waals surface area contributed by atoms with E-state index in [9.17, 15) is 9.18 Å². The van der Waals surface area contributed by atoms with Crippen LogP contribution in [0.15, 0.2) is 30.3 Å². The van der Waals surface area contributed by atoms with Gasteiger partial charge in [-0.2, -0.15) is 0 Å². The van der Waals surface area contributed by atoms with Crippen molar-refractivity contribution in [1.82, 2.24) is 5.32 Å². The summed E-state index contributed by atoms with van der Waals surface area (Å²) in [7, 11) is 0. The second-order valence-electron chi connectivity index (χ2n) is 4.31. The predicted octanol–water partition coefficient (Wildman–Crippen LogP) is 2.80. The van der Waals surface area contributed by atoms with Crippen molar-refractivity contribution in [2.24, 2.45) is 0 Å². The summed E-state index contributed by atoms with van der Waals surface area (Å²) >= 11 is 0. The number of rotatable bonds is 3. The number of benzene rings is 1. The van der Waals surface area contributed by atoms with Gasteiger partial charge in [-0.1, -0.05) is 30.3 Å². The number of carbonyl (C=O) groups excluding carboxylic acids is 1. The number of alkyl carbamates (subject to hydrolysis) is 1. The van der Waals surface area contributed by atoms with Crippen LogP contribution in [0, 0.1) is 0 Å². The van der Waals surface area contributed by atoms with E-state index in [1.165, 1.54) is 0 Å². The molecule has 1 aliphatic carbocycles. The SMILES string of the molecule is O=C(N[C@@H]1CC[C@H](F)C1)OCc1ccccc1. The summed E-state index contributed by atoms with van der Waals surface area (Å²) < 4.78 is 17.9.